The first-order chi connectivity index (χ1) is 14.1. The molecule has 1 aromatic carbocycles. The number of imide groups is 1. The second kappa shape index (κ2) is 8.08. The standard InChI is InChI=1S/C22H24N4O3/c1-25(15-8-3-2-4-9-15)22-18(14-23)24-19(29-22)12-7-13-26-20(27)16-10-5-6-11-17(16)21(26)28/h5-6,10-11,15H,2-4,7-9,12-13H2,1H3. The van der Waals surface area contributed by atoms with Gasteiger partial charge in [-0.05, 0) is 31.4 Å². The van der Waals surface area contributed by atoms with E-state index in [1.165, 1.54) is 24.2 Å². The molecule has 1 aliphatic carbocycles. The molecule has 7 nitrogen and oxygen atoms in total. The largest absolute Gasteiger partial charge is 0.424 e. The van der Waals surface area contributed by atoms with Crippen molar-refractivity contribution >= 4 is 17.7 Å². The van der Waals surface area contributed by atoms with Crippen LogP contribution in [0.15, 0.2) is 28.7 Å². The van der Waals surface area contributed by atoms with Crippen molar-refractivity contribution in [2.75, 3.05) is 18.5 Å². The first-order valence-corrected chi connectivity index (χ1v) is 10.2. The molecule has 2 amide bonds. The van der Waals surface area contributed by atoms with E-state index in [1.807, 2.05) is 11.9 Å². The smallest absolute Gasteiger partial charge is 0.261 e. The second-order valence-electron chi connectivity index (χ2n) is 7.69. The maximum absolute atomic E-state index is 12.4. The number of aryl methyl sites for hydroxylation is 1. The Bertz CT molecular complexity index is 934. The van der Waals surface area contributed by atoms with Gasteiger partial charge < -0.3 is 9.32 Å². The number of aromatic nitrogens is 1. The lowest BCUT2D eigenvalue weighted by Gasteiger charge is -2.30. The molecule has 29 heavy (non-hydrogen) atoms. The van der Waals surface area contributed by atoms with Gasteiger partial charge in [0.1, 0.15) is 6.07 Å². The summed E-state index contributed by atoms with van der Waals surface area (Å²) in [5, 5.41) is 9.45. The number of hydrogen-bond acceptors (Lipinski definition) is 6. The Morgan fingerprint density at radius 2 is 1.83 bits per heavy atom. The van der Waals surface area contributed by atoms with Crippen LogP contribution in [0, 0.1) is 11.3 Å². The molecule has 2 heterocycles. The van der Waals surface area contributed by atoms with Gasteiger partial charge in [0.05, 0.1) is 11.1 Å². The molecule has 0 spiro atoms. The Morgan fingerprint density at radius 3 is 2.45 bits per heavy atom. The maximum atomic E-state index is 12.4. The molecule has 150 valence electrons. The summed E-state index contributed by atoms with van der Waals surface area (Å²) >= 11 is 0. The predicted molar refractivity (Wildman–Crippen MR) is 107 cm³/mol. The minimum absolute atomic E-state index is 0.256. The zero-order valence-corrected chi connectivity index (χ0v) is 16.6. The molecule has 1 aliphatic heterocycles. The number of rotatable bonds is 6. The number of amides is 2. The lowest BCUT2D eigenvalue weighted by molar-refractivity contribution is 0.0651. The third kappa shape index (κ3) is 3.63. The highest BCUT2D eigenvalue weighted by Gasteiger charge is 2.34. The van der Waals surface area contributed by atoms with Crippen molar-refractivity contribution in [3.05, 3.63) is 47.0 Å². The zero-order valence-electron chi connectivity index (χ0n) is 16.6. The molecule has 0 atom stereocenters. The molecule has 0 saturated heterocycles. The second-order valence-corrected chi connectivity index (χ2v) is 7.69. The van der Waals surface area contributed by atoms with Gasteiger partial charge in [-0.2, -0.15) is 5.26 Å². The SMILES string of the molecule is CN(c1oc(CCCN2C(=O)c3ccccc3C2=O)nc1C#N)C1CCCCC1. The van der Waals surface area contributed by atoms with Gasteiger partial charge in [-0.1, -0.05) is 31.4 Å². The fourth-order valence-electron chi connectivity index (χ4n) is 4.24. The molecule has 0 unspecified atom stereocenters. The van der Waals surface area contributed by atoms with Gasteiger partial charge in [0.2, 0.25) is 11.6 Å². The number of nitriles is 1. The van der Waals surface area contributed by atoms with E-state index in [2.05, 4.69) is 11.1 Å². The minimum Gasteiger partial charge on any atom is -0.424 e. The molecule has 0 bridgehead atoms. The highest BCUT2D eigenvalue weighted by atomic mass is 16.4. The van der Waals surface area contributed by atoms with E-state index in [4.69, 9.17) is 4.42 Å². The summed E-state index contributed by atoms with van der Waals surface area (Å²) in [4.78, 5) is 32.5. The summed E-state index contributed by atoms with van der Waals surface area (Å²) in [6.45, 7) is 0.296. The van der Waals surface area contributed by atoms with Crippen LogP contribution in [0.5, 0.6) is 0 Å². The molecule has 1 aromatic heterocycles. The fourth-order valence-corrected chi connectivity index (χ4v) is 4.24. The van der Waals surface area contributed by atoms with Crippen molar-refractivity contribution in [1.29, 1.82) is 5.26 Å². The monoisotopic (exact) mass is 392 g/mol. The average molecular weight is 392 g/mol. The number of carbonyl (C=O) groups is 2. The van der Waals surface area contributed by atoms with E-state index in [9.17, 15) is 14.9 Å². The molecule has 4 rings (SSSR count). The van der Waals surface area contributed by atoms with Crippen molar-refractivity contribution in [3.8, 4) is 6.07 Å². The Labute approximate surface area is 169 Å². The van der Waals surface area contributed by atoms with E-state index in [0.717, 1.165) is 12.8 Å². The van der Waals surface area contributed by atoms with Crippen LogP contribution in [0.3, 0.4) is 0 Å². The van der Waals surface area contributed by atoms with Crippen LogP contribution in [-0.4, -0.2) is 41.3 Å². The first kappa shape index (κ1) is 19.2. The summed E-state index contributed by atoms with van der Waals surface area (Å²) in [7, 11) is 1.96. The zero-order chi connectivity index (χ0) is 20.4. The third-order valence-corrected chi connectivity index (χ3v) is 5.85. The normalized spacial score (nSPS) is 16.8. The molecular weight excluding hydrogens is 368 g/mol. The van der Waals surface area contributed by atoms with Crippen LogP contribution in [-0.2, 0) is 6.42 Å². The van der Waals surface area contributed by atoms with Crippen LogP contribution in [0.2, 0.25) is 0 Å². The Hall–Kier alpha value is -3.14. The summed E-state index contributed by atoms with van der Waals surface area (Å²) in [6, 6.07) is 9.37. The summed E-state index contributed by atoms with van der Waals surface area (Å²) in [5.41, 5.74) is 1.21. The predicted octanol–water partition coefficient (Wildman–Crippen LogP) is 3.54. The van der Waals surface area contributed by atoms with Gasteiger partial charge in [0.15, 0.2) is 5.89 Å². The summed E-state index contributed by atoms with van der Waals surface area (Å²) in [6.07, 6.45) is 6.82. The van der Waals surface area contributed by atoms with Gasteiger partial charge in [0.25, 0.3) is 11.8 Å². The highest BCUT2D eigenvalue weighted by Crippen LogP contribution is 2.29. The lowest BCUT2D eigenvalue weighted by atomic mass is 9.94. The molecule has 7 heteroatoms. The quantitative estimate of drug-likeness (QED) is 0.699. The van der Waals surface area contributed by atoms with Crippen molar-refractivity contribution in [2.24, 2.45) is 0 Å². The van der Waals surface area contributed by atoms with Crippen LogP contribution in [0.1, 0.15) is 70.8 Å². The Morgan fingerprint density at radius 1 is 1.17 bits per heavy atom. The molecule has 1 fully saturated rings. The fraction of sp³-hybridized carbons (Fsp3) is 0.455. The topological polar surface area (TPSA) is 90.4 Å². The molecule has 0 N–H and O–H groups in total. The van der Waals surface area contributed by atoms with Gasteiger partial charge in [-0.25, -0.2) is 4.98 Å². The van der Waals surface area contributed by atoms with E-state index in [-0.39, 0.29) is 11.8 Å². The number of anilines is 1. The lowest BCUT2D eigenvalue weighted by Crippen LogP contribution is -2.33. The van der Waals surface area contributed by atoms with Crippen molar-refractivity contribution in [3.63, 3.8) is 0 Å². The Balaban J connectivity index is 1.40. The van der Waals surface area contributed by atoms with Crippen LogP contribution >= 0.6 is 0 Å². The minimum atomic E-state index is -0.256. The maximum Gasteiger partial charge on any atom is 0.261 e. The van der Waals surface area contributed by atoms with Crippen LogP contribution in [0.4, 0.5) is 5.88 Å². The number of carbonyl (C=O) groups excluding carboxylic acids is 2. The molecule has 0 radical (unpaired) electrons. The van der Waals surface area contributed by atoms with E-state index in [1.54, 1.807) is 24.3 Å². The van der Waals surface area contributed by atoms with Crippen molar-refractivity contribution in [1.82, 2.24) is 9.88 Å². The molecule has 2 aromatic rings. The van der Waals surface area contributed by atoms with Crippen LogP contribution in [0.25, 0.3) is 0 Å². The molecule has 1 saturated carbocycles. The van der Waals surface area contributed by atoms with Crippen molar-refractivity contribution < 1.29 is 14.0 Å². The number of nitrogens with zero attached hydrogens (tertiary/aromatic N) is 4. The molecule has 2 aliphatic rings. The average Bonchev–Trinajstić information content (AvgIpc) is 3.28. The van der Waals surface area contributed by atoms with E-state index >= 15 is 0 Å². The first-order valence-electron chi connectivity index (χ1n) is 10.2. The van der Waals surface area contributed by atoms with Crippen molar-refractivity contribution in [2.45, 2.75) is 51.0 Å². The Kier molecular flexibility index (Phi) is 5.34. The highest BCUT2D eigenvalue weighted by molar-refractivity contribution is 6.21. The van der Waals surface area contributed by atoms with Gasteiger partial charge in [0, 0.05) is 26.1 Å². The number of fused-ring (bicyclic) bond motifs is 1. The number of hydrogen-bond donors (Lipinski definition) is 0. The van der Waals surface area contributed by atoms with Gasteiger partial charge in [-0.3, -0.25) is 14.5 Å². The third-order valence-electron chi connectivity index (χ3n) is 5.85. The summed E-state index contributed by atoms with van der Waals surface area (Å²) in [5.74, 6) is 0.479. The van der Waals surface area contributed by atoms with Crippen LogP contribution < -0.4 is 4.90 Å². The van der Waals surface area contributed by atoms with E-state index in [0.29, 0.717) is 54.0 Å². The molecular formula is C22H24N4O3. The van der Waals surface area contributed by atoms with Gasteiger partial charge in [-0.15, -0.1) is 0 Å². The van der Waals surface area contributed by atoms with Gasteiger partial charge >= 0.3 is 0 Å². The number of benzene rings is 1. The number of oxazole rings is 1. The van der Waals surface area contributed by atoms with E-state index < -0.39 is 0 Å². The summed E-state index contributed by atoms with van der Waals surface area (Å²) < 4.78 is 5.90.